The lowest BCUT2D eigenvalue weighted by Crippen LogP contribution is -2.44. The molecule has 0 aromatic carbocycles. The first-order chi connectivity index (χ1) is 7.36. The van der Waals surface area contributed by atoms with Crippen LogP contribution in [0.25, 0.3) is 0 Å². The van der Waals surface area contributed by atoms with E-state index >= 15 is 0 Å². The van der Waals surface area contributed by atoms with Crippen molar-refractivity contribution in [3.05, 3.63) is 0 Å². The van der Waals surface area contributed by atoms with E-state index in [1.165, 1.54) is 0 Å². The zero-order valence-corrected chi connectivity index (χ0v) is 8.74. The molecule has 2 saturated heterocycles. The molecule has 0 radical (unpaired) electrons. The van der Waals surface area contributed by atoms with E-state index in [1.807, 2.05) is 0 Å². The molecule has 2 heterocycles. The van der Waals surface area contributed by atoms with Gasteiger partial charge in [-0.15, -0.1) is 0 Å². The smallest absolute Gasteiger partial charge is 0.336 e. The second-order valence-corrected chi connectivity index (χ2v) is 3.83. The summed E-state index contributed by atoms with van der Waals surface area (Å²) in [6, 6.07) is 0. The first-order valence-electron chi connectivity index (χ1n) is 5.47. The fourth-order valence-electron chi connectivity index (χ4n) is 1.76. The molecule has 2 fully saturated rings. The topological polar surface area (TPSA) is 56.8 Å². The van der Waals surface area contributed by atoms with Crippen LogP contribution in [0.4, 0.5) is 0 Å². The number of ether oxygens (including phenoxy) is 3. The molecule has 0 aromatic rings. The van der Waals surface area contributed by atoms with Crippen molar-refractivity contribution in [2.24, 2.45) is 0 Å². The minimum atomic E-state index is -0.444. The molecule has 0 aromatic heterocycles. The Morgan fingerprint density at radius 2 is 2.33 bits per heavy atom. The normalized spacial score (nSPS) is 31.5. The molecular weight excluding hydrogens is 198 g/mol. The minimum Gasteiger partial charge on any atom is -0.461 e. The van der Waals surface area contributed by atoms with Gasteiger partial charge in [0.2, 0.25) is 0 Å². The Bertz CT molecular complexity index is 209. The van der Waals surface area contributed by atoms with E-state index in [1.54, 1.807) is 0 Å². The first kappa shape index (κ1) is 10.9. The molecule has 1 N–H and O–H groups in total. The van der Waals surface area contributed by atoms with Crippen molar-refractivity contribution >= 4 is 5.97 Å². The van der Waals surface area contributed by atoms with Crippen molar-refractivity contribution in [2.45, 2.75) is 25.0 Å². The third-order valence-electron chi connectivity index (χ3n) is 2.63. The summed E-state index contributed by atoms with van der Waals surface area (Å²) >= 11 is 0. The van der Waals surface area contributed by atoms with Gasteiger partial charge in [0.1, 0.15) is 6.61 Å². The summed E-state index contributed by atoms with van der Waals surface area (Å²) in [5, 5.41) is 3.09. The number of hydrogen-bond donors (Lipinski definition) is 1. The maximum Gasteiger partial charge on any atom is 0.336 e. The van der Waals surface area contributed by atoms with Gasteiger partial charge in [0, 0.05) is 19.7 Å². The molecule has 0 amide bonds. The Labute approximate surface area is 89.1 Å². The molecule has 0 bridgehead atoms. The number of hydrogen-bond acceptors (Lipinski definition) is 5. The van der Waals surface area contributed by atoms with Gasteiger partial charge < -0.3 is 19.5 Å². The fraction of sp³-hybridized carbons (Fsp3) is 0.900. The monoisotopic (exact) mass is 215 g/mol. The Hall–Kier alpha value is -0.650. The van der Waals surface area contributed by atoms with Crippen molar-refractivity contribution in [3.8, 4) is 0 Å². The largest absolute Gasteiger partial charge is 0.461 e. The molecule has 86 valence electrons. The van der Waals surface area contributed by atoms with Gasteiger partial charge in [-0.05, 0) is 12.8 Å². The molecule has 2 rings (SSSR count). The average molecular weight is 215 g/mol. The lowest BCUT2D eigenvalue weighted by Gasteiger charge is -2.22. The van der Waals surface area contributed by atoms with Crippen LogP contribution in [0.2, 0.25) is 0 Å². The van der Waals surface area contributed by atoms with E-state index in [0.29, 0.717) is 19.8 Å². The van der Waals surface area contributed by atoms with E-state index in [4.69, 9.17) is 14.2 Å². The van der Waals surface area contributed by atoms with Gasteiger partial charge in [-0.2, -0.15) is 0 Å². The van der Waals surface area contributed by atoms with Crippen LogP contribution in [0.5, 0.6) is 0 Å². The minimum absolute atomic E-state index is 0.0884. The van der Waals surface area contributed by atoms with Crippen LogP contribution in [-0.4, -0.2) is 51.1 Å². The van der Waals surface area contributed by atoms with E-state index in [2.05, 4.69) is 5.32 Å². The highest BCUT2D eigenvalue weighted by Crippen LogP contribution is 2.12. The predicted molar refractivity (Wildman–Crippen MR) is 52.5 cm³/mol. The molecule has 15 heavy (non-hydrogen) atoms. The molecule has 2 aliphatic rings. The number of morpholine rings is 1. The van der Waals surface area contributed by atoms with Crippen LogP contribution in [0, 0.1) is 0 Å². The standard InChI is InChI=1S/C10H17NO4/c12-10(9-6-11-3-5-14-9)15-7-8-2-1-4-13-8/h8-9,11H,1-7H2. The number of carbonyl (C=O) groups excluding carboxylic acids is 1. The summed E-state index contributed by atoms with van der Waals surface area (Å²) in [5.41, 5.74) is 0. The molecule has 0 aliphatic carbocycles. The molecule has 0 spiro atoms. The summed E-state index contributed by atoms with van der Waals surface area (Å²) in [6.07, 6.45) is 1.69. The highest BCUT2D eigenvalue weighted by molar-refractivity contribution is 5.75. The first-order valence-corrected chi connectivity index (χ1v) is 5.47. The lowest BCUT2D eigenvalue weighted by atomic mass is 10.2. The van der Waals surface area contributed by atoms with E-state index in [-0.39, 0.29) is 12.1 Å². The van der Waals surface area contributed by atoms with Gasteiger partial charge in [-0.1, -0.05) is 0 Å². The molecule has 2 unspecified atom stereocenters. The highest BCUT2D eigenvalue weighted by Gasteiger charge is 2.25. The summed E-state index contributed by atoms with van der Waals surface area (Å²) in [4.78, 5) is 11.5. The number of rotatable bonds is 3. The number of esters is 1. The SMILES string of the molecule is O=C(OCC1CCCO1)C1CNCCO1. The zero-order valence-electron chi connectivity index (χ0n) is 8.74. The van der Waals surface area contributed by atoms with Crippen LogP contribution in [0.3, 0.4) is 0 Å². The Morgan fingerprint density at radius 1 is 1.40 bits per heavy atom. The fourth-order valence-corrected chi connectivity index (χ4v) is 1.76. The van der Waals surface area contributed by atoms with Crippen molar-refractivity contribution in [3.63, 3.8) is 0 Å². The maximum atomic E-state index is 11.5. The van der Waals surface area contributed by atoms with Gasteiger partial charge in [0.25, 0.3) is 0 Å². The summed E-state index contributed by atoms with van der Waals surface area (Å²) in [5.74, 6) is -0.280. The van der Waals surface area contributed by atoms with Crippen molar-refractivity contribution in [2.75, 3.05) is 32.9 Å². The Morgan fingerprint density at radius 3 is 3.00 bits per heavy atom. The third-order valence-corrected chi connectivity index (χ3v) is 2.63. The van der Waals surface area contributed by atoms with Crippen molar-refractivity contribution in [1.29, 1.82) is 0 Å². The molecule has 0 saturated carbocycles. The molecule has 2 atom stereocenters. The average Bonchev–Trinajstić information content (AvgIpc) is 2.80. The summed E-state index contributed by atoms with van der Waals surface area (Å²) in [7, 11) is 0. The van der Waals surface area contributed by atoms with E-state index in [0.717, 1.165) is 26.0 Å². The summed E-state index contributed by atoms with van der Waals surface area (Å²) in [6.45, 7) is 3.06. The maximum absolute atomic E-state index is 11.5. The van der Waals surface area contributed by atoms with Gasteiger partial charge in [-0.25, -0.2) is 4.79 Å². The number of carbonyl (C=O) groups is 1. The zero-order chi connectivity index (χ0) is 10.5. The Kier molecular flexibility index (Phi) is 3.94. The van der Waals surface area contributed by atoms with Gasteiger partial charge in [0.05, 0.1) is 12.7 Å². The van der Waals surface area contributed by atoms with Gasteiger partial charge in [-0.3, -0.25) is 0 Å². The second-order valence-electron chi connectivity index (χ2n) is 3.83. The van der Waals surface area contributed by atoms with Crippen LogP contribution in [0.1, 0.15) is 12.8 Å². The number of nitrogens with one attached hydrogen (secondary N) is 1. The molecule has 2 aliphatic heterocycles. The van der Waals surface area contributed by atoms with Gasteiger partial charge >= 0.3 is 5.97 Å². The quantitative estimate of drug-likeness (QED) is 0.655. The highest BCUT2D eigenvalue weighted by atomic mass is 16.6. The van der Waals surface area contributed by atoms with Crippen LogP contribution < -0.4 is 5.32 Å². The van der Waals surface area contributed by atoms with Crippen molar-refractivity contribution < 1.29 is 19.0 Å². The summed E-state index contributed by atoms with van der Waals surface area (Å²) < 4.78 is 15.8. The predicted octanol–water partition coefficient (Wildman–Crippen LogP) is -0.303. The third kappa shape index (κ3) is 3.15. The van der Waals surface area contributed by atoms with E-state index in [9.17, 15) is 4.79 Å². The van der Waals surface area contributed by atoms with Gasteiger partial charge in [0.15, 0.2) is 6.10 Å². The lowest BCUT2D eigenvalue weighted by molar-refractivity contribution is -0.161. The molecular formula is C10H17NO4. The van der Waals surface area contributed by atoms with Crippen LogP contribution >= 0.6 is 0 Å². The van der Waals surface area contributed by atoms with Crippen molar-refractivity contribution in [1.82, 2.24) is 5.32 Å². The second kappa shape index (κ2) is 5.44. The van der Waals surface area contributed by atoms with Crippen LogP contribution in [0.15, 0.2) is 0 Å². The van der Waals surface area contributed by atoms with E-state index < -0.39 is 6.10 Å². The molecule has 5 heteroatoms. The van der Waals surface area contributed by atoms with Crippen LogP contribution in [-0.2, 0) is 19.0 Å². The molecule has 5 nitrogen and oxygen atoms in total. The Balaban J connectivity index is 1.66.